The third-order valence-electron chi connectivity index (χ3n) is 1.55. The molecule has 0 saturated heterocycles. The van der Waals surface area contributed by atoms with Crippen LogP contribution < -0.4 is 5.43 Å². The molecule has 0 atom stereocenters. The van der Waals surface area contributed by atoms with Crippen molar-refractivity contribution in [1.29, 1.82) is 0 Å². The van der Waals surface area contributed by atoms with E-state index in [4.69, 9.17) is 9.47 Å². The first-order chi connectivity index (χ1) is 8.44. The van der Waals surface area contributed by atoms with Gasteiger partial charge < -0.3 is 9.47 Å². The fourth-order valence-electron chi connectivity index (χ4n) is 1.01. The van der Waals surface area contributed by atoms with Crippen LogP contribution in [-0.2, 0) is 9.47 Å². The maximum Gasteiger partial charge on any atom is 0.429 e. The van der Waals surface area contributed by atoms with Crippen molar-refractivity contribution in [3.05, 3.63) is 0 Å². The molecule has 0 heterocycles. The van der Waals surface area contributed by atoms with E-state index in [0.29, 0.717) is 11.0 Å². The van der Waals surface area contributed by atoms with E-state index >= 15 is 0 Å². The molecule has 0 spiro atoms. The standard InChI is InChI=1S/C12H23IN2O4/c1-11(2,3)18-9(16)14-15(8-7-13)10(17)19-12(4,5)6/h7-8H2,1-6H3,(H,14,16). The Morgan fingerprint density at radius 1 is 1.05 bits per heavy atom. The Morgan fingerprint density at radius 3 is 1.89 bits per heavy atom. The molecule has 0 radical (unpaired) electrons. The van der Waals surface area contributed by atoms with E-state index in [1.165, 1.54) is 0 Å². The molecular formula is C12H23IN2O4. The lowest BCUT2D eigenvalue weighted by atomic mass is 10.2. The number of carbonyl (C=O) groups is 2. The smallest absolute Gasteiger partial charge is 0.429 e. The molecule has 0 rings (SSSR count). The lowest BCUT2D eigenvalue weighted by Gasteiger charge is -2.28. The predicted molar refractivity (Wildman–Crippen MR) is 81.2 cm³/mol. The van der Waals surface area contributed by atoms with Crippen LogP contribution in [0.4, 0.5) is 9.59 Å². The van der Waals surface area contributed by atoms with Gasteiger partial charge in [0.15, 0.2) is 0 Å². The average molecular weight is 386 g/mol. The number of rotatable bonds is 2. The number of nitrogens with zero attached hydrogens (tertiary/aromatic N) is 1. The number of nitrogens with one attached hydrogen (secondary N) is 1. The topological polar surface area (TPSA) is 67.9 Å². The van der Waals surface area contributed by atoms with E-state index in [2.05, 4.69) is 28.0 Å². The van der Waals surface area contributed by atoms with Crippen molar-refractivity contribution in [3.8, 4) is 0 Å². The number of halogens is 1. The molecule has 6 nitrogen and oxygen atoms in total. The van der Waals surface area contributed by atoms with Crippen molar-refractivity contribution >= 4 is 34.8 Å². The zero-order valence-corrected chi connectivity index (χ0v) is 14.5. The van der Waals surface area contributed by atoms with E-state index < -0.39 is 23.4 Å². The van der Waals surface area contributed by atoms with Crippen LogP contribution in [0.15, 0.2) is 0 Å². The normalized spacial score (nSPS) is 11.7. The monoisotopic (exact) mass is 386 g/mol. The molecule has 0 aliphatic carbocycles. The van der Waals surface area contributed by atoms with E-state index in [-0.39, 0.29) is 0 Å². The minimum absolute atomic E-state index is 0.342. The number of ether oxygens (including phenoxy) is 2. The molecule has 2 amide bonds. The molecule has 0 fully saturated rings. The van der Waals surface area contributed by atoms with Crippen molar-refractivity contribution in [2.45, 2.75) is 52.7 Å². The van der Waals surface area contributed by atoms with Crippen LogP contribution in [-0.4, -0.2) is 39.4 Å². The van der Waals surface area contributed by atoms with Crippen LogP contribution in [0.2, 0.25) is 0 Å². The van der Waals surface area contributed by atoms with E-state index in [1.807, 2.05) is 0 Å². The van der Waals surface area contributed by atoms with Gasteiger partial charge in [-0.1, -0.05) is 22.6 Å². The highest BCUT2D eigenvalue weighted by Crippen LogP contribution is 2.10. The molecule has 7 heteroatoms. The Kier molecular flexibility index (Phi) is 6.88. The molecule has 0 aromatic rings. The Labute approximate surface area is 128 Å². The Bertz CT molecular complexity index is 321. The van der Waals surface area contributed by atoms with Crippen LogP contribution in [0.3, 0.4) is 0 Å². The van der Waals surface area contributed by atoms with Gasteiger partial charge >= 0.3 is 12.2 Å². The molecule has 0 aromatic heterocycles. The summed E-state index contributed by atoms with van der Waals surface area (Å²) in [6.45, 7) is 10.9. The Balaban J connectivity index is 4.57. The van der Waals surface area contributed by atoms with Gasteiger partial charge in [-0.2, -0.15) is 0 Å². The summed E-state index contributed by atoms with van der Waals surface area (Å²) >= 11 is 2.11. The van der Waals surface area contributed by atoms with Gasteiger partial charge in [-0.15, -0.1) is 0 Å². The van der Waals surface area contributed by atoms with E-state index in [0.717, 1.165) is 5.01 Å². The van der Waals surface area contributed by atoms with Gasteiger partial charge in [0.1, 0.15) is 11.2 Å². The van der Waals surface area contributed by atoms with Crippen molar-refractivity contribution in [2.24, 2.45) is 0 Å². The minimum atomic E-state index is -0.678. The summed E-state index contributed by atoms with van der Waals surface area (Å²) in [7, 11) is 0. The molecule has 0 bridgehead atoms. The fourth-order valence-corrected chi connectivity index (χ4v) is 1.49. The second kappa shape index (κ2) is 7.16. The van der Waals surface area contributed by atoms with Crippen molar-refractivity contribution < 1.29 is 19.1 Å². The summed E-state index contributed by atoms with van der Waals surface area (Å²) < 4.78 is 10.9. The quantitative estimate of drug-likeness (QED) is 0.450. The van der Waals surface area contributed by atoms with Crippen molar-refractivity contribution in [1.82, 2.24) is 10.4 Å². The van der Waals surface area contributed by atoms with Gasteiger partial charge in [-0.3, -0.25) is 0 Å². The number of amides is 2. The summed E-state index contributed by atoms with van der Waals surface area (Å²) in [5.74, 6) is 0. The van der Waals surface area contributed by atoms with Gasteiger partial charge in [-0.05, 0) is 41.5 Å². The van der Waals surface area contributed by atoms with Gasteiger partial charge in [0, 0.05) is 4.43 Å². The second-order valence-corrected chi connectivity index (χ2v) is 7.01. The predicted octanol–water partition coefficient (Wildman–Crippen LogP) is 3.10. The fraction of sp³-hybridized carbons (Fsp3) is 0.833. The largest absolute Gasteiger partial charge is 0.443 e. The number of hydrogen-bond acceptors (Lipinski definition) is 4. The van der Waals surface area contributed by atoms with Crippen LogP contribution in [0, 0.1) is 0 Å². The number of carbonyl (C=O) groups excluding carboxylic acids is 2. The summed E-state index contributed by atoms with van der Waals surface area (Å²) in [5.41, 5.74) is 1.16. The molecule has 0 saturated carbocycles. The highest BCUT2D eigenvalue weighted by Gasteiger charge is 2.25. The lowest BCUT2D eigenvalue weighted by Crippen LogP contribution is -2.50. The van der Waals surface area contributed by atoms with Crippen LogP contribution in [0.5, 0.6) is 0 Å². The van der Waals surface area contributed by atoms with Gasteiger partial charge in [0.25, 0.3) is 0 Å². The highest BCUT2D eigenvalue weighted by atomic mass is 127. The minimum Gasteiger partial charge on any atom is -0.443 e. The molecule has 0 aromatic carbocycles. The highest BCUT2D eigenvalue weighted by molar-refractivity contribution is 14.1. The van der Waals surface area contributed by atoms with Crippen molar-refractivity contribution in [2.75, 3.05) is 11.0 Å². The first-order valence-corrected chi connectivity index (χ1v) is 7.53. The zero-order valence-electron chi connectivity index (χ0n) is 12.4. The Hall–Kier alpha value is -0.730. The average Bonchev–Trinajstić information content (AvgIpc) is 2.10. The summed E-state index contributed by atoms with van der Waals surface area (Å²) in [4.78, 5) is 23.5. The van der Waals surface area contributed by atoms with E-state index in [9.17, 15) is 9.59 Å². The first-order valence-electron chi connectivity index (χ1n) is 6.01. The maximum atomic E-state index is 11.9. The molecule has 112 valence electrons. The van der Waals surface area contributed by atoms with Crippen molar-refractivity contribution in [3.63, 3.8) is 0 Å². The summed E-state index contributed by atoms with van der Waals surface area (Å²) in [5, 5.41) is 1.12. The van der Waals surface area contributed by atoms with Gasteiger partial charge in [0.05, 0.1) is 6.54 Å². The molecule has 0 unspecified atom stereocenters. The lowest BCUT2D eigenvalue weighted by molar-refractivity contribution is 0.00302. The molecular weight excluding hydrogens is 363 g/mol. The third-order valence-corrected chi connectivity index (χ3v) is 2.03. The van der Waals surface area contributed by atoms with E-state index in [1.54, 1.807) is 41.5 Å². The molecule has 19 heavy (non-hydrogen) atoms. The molecule has 0 aliphatic rings. The number of alkyl halides is 1. The molecule has 0 aliphatic heterocycles. The van der Waals surface area contributed by atoms with Crippen LogP contribution in [0.25, 0.3) is 0 Å². The molecule has 1 N–H and O–H groups in total. The van der Waals surface area contributed by atoms with Gasteiger partial charge in [-0.25, -0.2) is 20.0 Å². The SMILES string of the molecule is CC(C)(C)OC(=O)NN(CCI)C(=O)OC(C)(C)C. The maximum absolute atomic E-state index is 11.9. The summed E-state index contributed by atoms with van der Waals surface area (Å²) in [6.07, 6.45) is -1.28. The first kappa shape index (κ1) is 18.3. The Morgan fingerprint density at radius 2 is 1.53 bits per heavy atom. The van der Waals surface area contributed by atoms with Crippen LogP contribution in [0.1, 0.15) is 41.5 Å². The second-order valence-electron chi connectivity index (χ2n) is 5.93. The third kappa shape index (κ3) is 9.80. The number of hydrogen-bond donors (Lipinski definition) is 1. The zero-order chi connectivity index (χ0) is 15.3. The summed E-state index contributed by atoms with van der Waals surface area (Å²) in [6, 6.07) is 0. The van der Waals surface area contributed by atoms with Gasteiger partial charge in [0.2, 0.25) is 0 Å². The number of hydrazine groups is 1. The van der Waals surface area contributed by atoms with Crippen LogP contribution >= 0.6 is 22.6 Å².